The summed E-state index contributed by atoms with van der Waals surface area (Å²) in [6.07, 6.45) is 0. The number of nitrogens with zero attached hydrogens (tertiary/aromatic N) is 4. The maximum absolute atomic E-state index is 12.3. The monoisotopic (exact) mass is 806 g/mol. The van der Waals surface area contributed by atoms with Crippen LogP contribution in [-0.2, 0) is 0 Å². The molecule has 0 unspecified atom stereocenters. The fourth-order valence-electron chi connectivity index (χ4n) is 10.4. The number of hydrogen-bond donors (Lipinski definition) is 0. The summed E-state index contributed by atoms with van der Waals surface area (Å²) in [7, 11) is 0. The molecule has 0 N–H and O–H groups in total. The van der Waals surface area contributed by atoms with E-state index >= 15 is 0 Å². The van der Waals surface area contributed by atoms with Gasteiger partial charge in [0.25, 0.3) is 0 Å². The molecule has 4 heteroatoms. The number of benzene rings is 9. The largest absolute Gasteiger partial charge is 0.308 e. The van der Waals surface area contributed by atoms with Crippen molar-refractivity contribution in [1.82, 2.24) is 13.7 Å². The number of aromatic nitrogens is 3. The number of para-hydroxylation sites is 2. The molecule has 63 heavy (non-hydrogen) atoms. The van der Waals surface area contributed by atoms with Gasteiger partial charge in [0, 0.05) is 43.4 Å². The molecule has 0 fully saturated rings. The van der Waals surface area contributed by atoms with Crippen LogP contribution >= 0.6 is 0 Å². The molecule has 0 bridgehead atoms. The number of fused-ring (bicyclic) bond motifs is 9. The Hall–Kier alpha value is -8.13. The first-order chi connectivity index (χ1) is 30.9. The van der Waals surface area contributed by atoms with Gasteiger partial charge in [-0.05, 0) is 99.5 Å². The minimum Gasteiger partial charge on any atom is -0.308 e. The van der Waals surface area contributed by atoms with E-state index in [-0.39, 0.29) is 0 Å². The van der Waals surface area contributed by atoms with Gasteiger partial charge in [-0.3, -0.25) is 0 Å². The van der Waals surface area contributed by atoms with Crippen LogP contribution in [0, 0.1) is 39.0 Å². The predicted octanol–water partition coefficient (Wildman–Crippen LogP) is 15.4. The van der Waals surface area contributed by atoms with Gasteiger partial charge in [0.2, 0.25) is 0 Å². The first-order valence-electron chi connectivity index (χ1n) is 21.7. The maximum Gasteiger partial charge on any atom is 0.104 e. The lowest BCUT2D eigenvalue weighted by Crippen LogP contribution is -2.13. The number of nitriles is 1. The zero-order chi connectivity index (χ0) is 42.5. The van der Waals surface area contributed by atoms with E-state index in [1.165, 1.54) is 33.0 Å². The number of hydrogen-bond acceptors (Lipinski definition) is 1. The van der Waals surface area contributed by atoms with Crippen molar-refractivity contribution >= 4 is 65.4 Å². The number of rotatable bonds is 5. The Morgan fingerprint density at radius 3 is 0.968 bits per heavy atom. The Morgan fingerprint density at radius 1 is 0.317 bits per heavy atom. The van der Waals surface area contributed by atoms with E-state index in [9.17, 15) is 5.26 Å². The van der Waals surface area contributed by atoms with Crippen molar-refractivity contribution in [3.05, 3.63) is 210 Å². The molecule has 0 radical (unpaired) electrons. The molecule has 0 aliphatic rings. The molecule has 0 saturated carbocycles. The van der Waals surface area contributed by atoms with E-state index in [1.54, 1.807) is 0 Å². The Kier molecular flexibility index (Phi) is 8.13. The second-order valence-electron chi connectivity index (χ2n) is 17.1. The predicted molar refractivity (Wildman–Crippen MR) is 264 cm³/mol. The molecule has 0 aliphatic heterocycles. The van der Waals surface area contributed by atoms with Crippen molar-refractivity contribution in [2.45, 2.75) is 27.7 Å². The standard InChI is InChI=1S/C59H42N4/c1-36-23-27-51-44(31-36)45-32-37(2)24-28-52(45)61(51)57-48(35-60)58(62-53-29-25-38(3)33-46(53)47-34-39(4)26-30-54(47)62)56(41-17-9-6-10-18-41)59(55(57)40-15-7-5-8-16-40)63-49-21-13-11-19-42(49)43-20-12-14-22-50(43)63/h5-34H,1-4H3. The second-order valence-corrected chi connectivity index (χ2v) is 17.1. The highest BCUT2D eigenvalue weighted by Crippen LogP contribution is 2.52. The van der Waals surface area contributed by atoms with E-state index in [4.69, 9.17) is 0 Å². The molecule has 0 spiro atoms. The van der Waals surface area contributed by atoms with Crippen molar-refractivity contribution < 1.29 is 0 Å². The van der Waals surface area contributed by atoms with Crippen LogP contribution in [0.2, 0.25) is 0 Å². The third kappa shape index (κ3) is 5.40. The van der Waals surface area contributed by atoms with Gasteiger partial charge in [0.1, 0.15) is 11.6 Å². The van der Waals surface area contributed by atoms with Crippen molar-refractivity contribution in [2.75, 3.05) is 0 Å². The summed E-state index contributed by atoms with van der Waals surface area (Å²) in [4.78, 5) is 0. The van der Waals surface area contributed by atoms with Crippen LogP contribution in [0.25, 0.3) is 105 Å². The van der Waals surface area contributed by atoms with Crippen LogP contribution < -0.4 is 0 Å². The van der Waals surface area contributed by atoms with Crippen LogP contribution in [0.5, 0.6) is 0 Å². The Bertz CT molecular complexity index is 3530. The fourth-order valence-corrected chi connectivity index (χ4v) is 10.4. The van der Waals surface area contributed by atoms with Gasteiger partial charge in [0.05, 0.1) is 50.2 Å². The minimum absolute atomic E-state index is 0.595. The average Bonchev–Trinajstić information content (AvgIpc) is 3.93. The Balaban J connectivity index is 1.45. The van der Waals surface area contributed by atoms with Gasteiger partial charge >= 0.3 is 0 Å². The van der Waals surface area contributed by atoms with Crippen molar-refractivity contribution in [2.24, 2.45) is 0 Å². The zero-order valence-corrected chi connectivity index (χ0v) is 35.6. The molecule has 9 aromatic carbocycles. The number of aryl methyl sites for hydroxylation is 4. The zero-order valence-electron chi connectivity index (χ0n) is 35.6. The molecule has 0 amide bonds. The van der Waals surface area contributed by atoms with Crippen molar-refractivity contribution in [1.29, 1.82) is 5.26 Å². The minimum atomic E-state index is 0.595. The van der Waals surface area contributed by atoms with Gasteiger partial charge in [-0.25, -0.2) is 0 Å². The van der Waals surface area contributed by atoms with E-state index < -0.39 is 0 Å². The highest BCUT2D eigenvalue weighted by atomic mass is 15.1. The molecule has 0 aliphatic carbocycles. The maximum atomic E-state index is 12.3. The smallest absolute Gasteiger partial charge is 0.104 e. The lowest BCUT2D eigenvalue weighted by Gasteiger charge is -2.28. The van der Waals surface area contributed by atoms with Gasteiger partial charge in [-0.15, -0.1) is 0 Å². The molecule has 3 aromatic heterocycles. The first kappa shape index (κ1) is 36.7. The summed E-state index contributed by atoms with van der Waals surface area (Å²) in [6.45, 7) is 8.64. The van der Waals surface area contributed by atoms with E-state index in [2.05, 4.69) is 229 Å². The SMILES string of the molecule is Cc1ccc2c(c1)c1cc(C)ccc1n2-c1c(C#N)c(-n2c3ccc(C)cc3c3cc(C)ccc32)c(-c2ccccc2)c(-n2c3ccccc3c3ccccc32)c1-c1ccccc1. The molecule has 3 heterocycles. The molecule has 0 atom stereocenters. The highest BCUT2D eigenvalue weighted by molar-refractivity contribution is 6.16. The molecule has 12 rings (SSSR count). The van der Waals surface area contributed by atoms with E-state index in [0.29, 0.717) is 5.56 Å². The topological polar surface area (TPSA) is 38.6 Å². The van der Waals surface area contributed by atoms with E-state index in [0.717, 1.165) is 94.0 Å². The lowest BCUT2D eigenvalue weighted by molar-refractivity contribution is 1.09. The summed E-state index contributed by atoms with van der Waals surface area (Å²) >= 11 is 0. The van der Waals surface area contributed by atoms with Crippen molar-refractivity contribution in [3.8, 4) is 45.4 Å². The lowest BCUT2D eigenvalue weighted by atomic mass is 9.88. The summed E-state index contributed by atoms with van der Waals surface area (Å²) in [5.74, 6) is 0. The van der Waals surface area contributed by atoms with Gasteiger partial charge in [-0.1, -0.05) is 144 Å². The molecule has 12 aromatic rings. The van der Waals surface area contributed by atoms with Crippen LogP contribution in [0.15, 0.2) is 182 Å². The normalized spacial score (nSPS) is 11.8. The third-order valence-corrected chi connectivity index (χ3v) is 13.1. The quantitative estimate of drug-likeness (QED) is 0.171. The van der Waals surface area contributed by atoms with Crippen LogP contribution in [0.1, 0.15) is 27.8 Å². The molecule has 0 saturated heterocycles. The molecular weight excluding hydrogens is 765 g/mol. The molecule has 298 valence electrons. The summed E-state index contributed by atoms with van der Waals surface area (Å²) < 4.78 is 7.26. The summed E-state index contributed by atoms with van der Waals surface area (Å²) in [6, 6.07) is 68.9. The summed E-state index contributed by atoms with van der Waals surface area (Å²) in [5, 5.41) is 19.3. The van der Waals surface area contributed by atoms with Crippen LogP contribution in [0.3, 0.4) is 0 Å². The highest BCUT2D eigenvalue weighted by Gasteiger charge is 2.33. The van der Waals surface area contributed by atoms with Gasteiger partial charge in [-0.2, -0.15) is 5.26 Å². The van der Waals surface area contributed by atoms with Crippen LogP contribution in [-0.4, -0.2) is 13.7 Å². The molecular formula is C59H42N4. The van der Waals surface area contributed by atoms with Crippen LogP contribution in [0.4, 0.5) is 0 Å². The fraction of sp³-hybridized carbons (Fsp3) is 0.0678. The van der Waals surface area contributed by atoms with Gasteiger partial charge < -0.3 is 13.7 Å². The third-order valence-electron chi connectivity index (χ3n) is 13.1. The Labute approximate surface area is 365 Å². The first-order valence-corrected chi connectivity index (χ1v) is 21.7. The average molecular weight is 807 g/mol. The van der Waals surface area contributed by atoms with Gasteiger partial charge in [0.15, 0.2) is 0 Å². The van der Waals surface area contributed by atoms with E-state index in [1.807, 2.05) is 0 Å². The second kappa shape index (κ2) is 14.0. The van der Waals surface area contributed by atoms with Crippen molar-refractivity contribution in [3.63, 3.8) is 0 Å². The molecule has 4 nitrogen and oxygen atoms in total. The summed E-state index contributed by atoms with van der Waals surface area (Å²) in [5.41, 5.74) is 18.4. The Morgan fingerprint density at radius 2 is 0.619 bits per heavy atom.